The monoisotopic (exact) mass is 413 g/mol. The molecule has 0 aromatic heterocycles. The van der Waals surface area contributed by atoms with Crippen LogP contribution in [0.3, 0.4) is 0 Å². The van der Waals surface area contributed by atoms with Crippen molar-refractivity contribution in [3.8, 4) is 5.75 Å². The number of anilines is 1. The van der Waals surface area contributed by atoms with Gasteiger partial charge in [0.2, 0.25) is 5.91 Å². The molecule has 0 aliphatic rings. The molecule has 0 spiro atoms. The Morgan fingerprint density at radius 1 is 1.15 bits per heavy atom. The highest BCUT2D eigenvalue weighted by atomic mass is 35.5. The van der Waals surface area contributed by atoms with E-state index in [0.717, 1.165) is 10.5 Å². The van der Waals surface area contributed by atoms with Gasteiger partial charge in [-0.15, -0.1) is 20.5 Å². The average Bonchev–Trinajstić information content (AvgIpc) is 2.53. The molecule has 146 valence electrons. The molecule has 0 unspecified atom stereocenters. The van der Waals surface area contributed by atoms with Crippen molar-refractivity contribution in [1.82, 2.24) is 0 Å². The average molecular weight is 414 g/mol. The molecule has 0 saturated carbocycles. The Kier molecular flexibility index (Phi) is 6.76. The number of carbonyl (C=O) groups excluding carboxylic acids is 1. The highest BCUT2D eigenvalue weighted by Gasteiger charge is 2.27. The number of benzene rings is 2. The lowest BCUT2D eigenvalue weighted by molar-refractivity contribution is -0.113. The topological polar surface area (TPSA) is 38.3 Å². The number of rotatable bonds is 6. The van der Waals surface area contributed by atoms with E-state index in [1.165, 1.54) is 41.6 Å². The van der Waals surface area contributed by atoms with Gasteiger partial charge in [0.25, 0.3) is 0 Å². The summed E-state index contributed by atoms with van der Waals surface area (Å²) in [4.78, 5) is 13.2. The van der Waals surface area contributed by atoms with Crippen LogP contribution in [0, 0.1) is 6.92 Å². The standard InChI is InChI=1S/C20H22ClF2NO2S/c1-13-5-6-14(19(2,3)4)11-17(13)27-12-18(25)24-15-7-9-16(10-8-15)26-20(21,22)23/h5-11H,12H2,1-4H3,(H,24,25). The highest BCUT2D eigenvalue weighted by Crippen LogP contribution is 2.30. The van der Waals surface area contributed by atoms with Gasteiger partial charge < -0.3 is 10.1 Å². The second-order valence-corrected chi connectivity index (χ2v) is 8.60. The van der Waals surface area contributed by atoms with Gasteiger partial charge >= 0.3 is 5.57 Å². The maximum absolute atomic E-state index is 12.6. The molecular formula is C20H22ClF2NO2S. The van der Waals surface area contributed by atoms with Gasteiger partial charge in [-0.05, 0) is 53.8 Å². The van der Waals surface area contributed by atoms with Crippen LogP contribution in [0.15, 0.2) is 47.4 Å². The van der Waals surface area contributed by atoms with Crippen LogP contribution in [0.2, 0.25) is 0 Å². The van der Waals surface area contributed by atoms with Gasteiger partial charge in [0.1, 0.15) is 5.75 Å². The van der Waals surface area contributed by atoms with E-state index < -0.39 is 5.57 Å². The first-order chi connectivity index (χ1) is 12.4. The van der Waals surface area contributed by atoms with E-state index in [2.05, 4.69) is 49.0 Å². The van der Waals surface area contributed by atoms with Crippen molar-refractivity contribution < 1.29 is 18.3 Å². The minimum absolute atomic E-state index is 0.0366. The van der Waals surface area contributed by atoms with Crippen molar-refractivity contribution in [2.75, 3.05) is 11.1 Å². The summed E-state index contributed by atoms with van der Waals surface area (Å²) in [7, 11) is 0. The van der Waals surface area contributed by atoms with Crippen molar-refractivity contribution in [2.24, 2.45) is 0 Å². The van der Waals surface area contributed by atoms with Gasteiger partial charge in [-0.1, -0.05) is 32.9 Å². The molecule has 2 aromatic carbocycles. The quantitative estimate of drug-likeness (QED) is 0.453. The third-order valence-corrected chi connectivity index (χ3v) is 5.02. The van der Waals surface area contributed by atoms with Crippen LogP contribution in [0.5, 0.6) is 5.75 Å². The van der Waals surface area contributed by atoms with Crippen molar-refractivity contribution >= 4 is 35.0 Å². The van der Waals surface area contributed by atoms with Crippen LogP contribution in [-0.2, 0) is 10.2 Å². The molecule has 3 nitrogen and oxygen atoms in total. The van der Waals surface area contributed by atoms with E-state index in [4.69, 9.17) is 11.6 Å². The predicted molar refractivity (Wildman–Crippen MR) is 107 cm³/mol. The van der Waals surface area contributed by atoms with Crippen molar-refractivity contribution in [2.45, 2.75) is 43.6 Å². The summed E-state index contributed by atoms with van der Waals surface area (Å²) in [6.45, 7) is 8.45. The predicted octanol–water partition coefficient (Wildman–Crippen LogP) is 6.19. The highest BCUT2D eigenvalue weighted by molar-refractivity contribution is 8.00. The minimum atomic E-state index is -3.76. The summed E-state index contributed by atoms with van der Waals surface area (Å²) in [5.41, 5.74) is -0.909. The van der Waals surface area contributed by atoms with Crippen LogP contribution < -0.4 is 10.1 Å². The van der Waals surface area contributed by atoms with Gasteiger partial charge in [0, 0.05) is 22.2 Å². The molecule has 1 N–H and O–H groups in total. The molecule has 0 aliphatic heterocycles. The molecule has 7 heteroatoms. The summed E-state index contributed by atoms with van der Waals surface area (Å²) in [5.74, 6) is -0.0270. The molecule has 0 aliphatic carbocycles. The number of thioether (sulfide) groups is 1. The maximum Gasteiger partial charge on any atom is 0.487 e. The number of amides is 1. The van der Waals surface area contributed by atoms with Gasteiger partial charge in [-0.3, -0.25) is 4.79 Å². The maximum atomic E-state index is 12.6. The SMILES string of the molecule is Cc1ccc(C(C)(C)C)cc1SCC(=O)Nc1ccc(OC(F)(F)Cl)cc1. The normalized spacial score (nSPS) is 12.0. The molecule has 1 amide bonds. The molecule has 0 fully saturated rings. The molecule has 0 heterocycles. The van der Waals surface area contributed by atoms with E-state index in [0.29, 0.717) is 5.69 Å². The van der Waals surface area contributed by atoms with E-state index in [1.54, 1.807) is 0 Å². The summed E-state index contributed by atoms with van der Waals surface area (Å²) >= 11 is 6.18. The first kappa shape index (κ1) is 21.5. The molecule has 2 aromatic rings. The van der Waals surface area contributed by atoms with E-state index in [9.17, 15) is 13.6 Å². The first-order valence-electron chi connectivity index (χ1n) is 8.34. The van der Waals surface area contributed by atoms with Crippen molar-refractivity contribution in [3.63, 3.8) is 0 Å². The number of hydrogen-bond acceptors (Lipinski definition) is 3. The zero-order valence-electron chi connectivity index (χ0n) is 15.6. The third kappa shape index (κ3) is 7.03. The van der Waals surface area contributed by atoms with Crippen molar-refractivity contribution in [1.29, 1.82) is 0 Å². The number of hydrogen-bond donors (Lipinski definition) is 1. The zero-order valence-corrected chi connectivity index (χ0v) is 17.2. The van der Waals surface area contributed by atoms with E-state index in [-0.39, 0.29) is 22.8 Å². The smallest absolute Gasteiger partial charge is 0.420 e. The molecule has 0 bridgehead atoms. The van der Waals surface area contributed by atoms with Gasteiger partial charge in [0.15, 0.2) is 0 Å². The largest absolute Gasteiger partial charge is 0.487 e. The number of nitrogens with one attached hydrogen (secondary N) is 1. The van der Waals surface area contributed by atoms with Gasteiger partial charge in [-0.25, -0.2) is 0 Å². The van der Waals surface area contributed by atoms with Crippen LogP contribution in [0.25, 0.3) is 0 Å². The van der Waals surface area contributed by atoms with Gasteiger partial charge in [0.05, 0.1) is 5.75 Å². The summed E-state index contributed by atoms with van der Waals surface area (Å²) in [6, 6.07) is 11.9. The van der Waals surface area contributed by atoms with Crippen LogP contribution in [0.4, 0.5) is 14.5 Å². The Bertz CT molecular complexity index is 799. The fourth-order valence-electron chi connectivity index (χ4n) is 2.30. The molecule has 0 atom stereocenters. The summed E-state index contributed by atoms with van der Waals surface area (Å²) in [5, 5.41) is 2.73. The fourth-order valence-corrected chi connectivity index (χ4v) is 3.26. The Balaban J connectivity index is 1.95. The van der Waals surface area contributed by atoms with Crippen LogP contribution in [-0.4, -0.2) is 17.2 Å². The molecule has 27 heavy (non-hydrogen) atoms. The fraction of sp³-hybridized carbons (Fsp3) is 0.350. The number of carbonyl (C=O) groups is 1. The molecule has 0 saturated heterocycles. The molecule has 2 rings (SSSR count). The second kappa shape index (κ2) is 8.48. The first-order valence-corrected chi connectivity index (χ1v) is 9.70. The van der Waals surface area contributed by atoms with E-state index in [1.807, 2.05) is 6.92 Å². The number of halogens is 3. The Labute approximate surface area is 167 Å². The number of aryl methyl sites for hydroxylation is 1. The number of ether oxygens (including phenoxy) is 1. The lowest BCUT2D eigenvalue weighted by atomic mass is 9.87. The van der Waals surface area contributed by atoms with Gasteiger partial charge in [-0.2, -0.15) is 0 Å². The Morgan fingerprint density at radius 3 is 2.33 bits per heavy atom. The molecule has 0 radical (unpaired) electrons. The summed E-state index contributed by atoms with van der Waals surface area (Å²) in [6.07, 6.45) is 0. The van der Waals surface area contributed by atoms with Crippen molar-refractivity contribution in [3.05, 3.63) is 53.6 Å². The minimum Gasteiger partial charge on any atom is -0.420 e. The van der Waals surface area contributed by atoms with Crippen LogP contribution in [0.1, 0.15) is 31.9 Å². The van der Waals surface area contributed by atoms with E-state index >= 15 is 0 Å². The summed E-state index contributed by atoms with van der Waals surface area (Å²) < 4.78 is 29.4. The Hall–Kier alpha value is -1.79. The zero-order chi connectivity index (χ0) is 20.2. The second-order valence-electron chi connectivity index (χ2n) is 7.14. The van der Waals surface area contributed by atoms with Crippen LogP contribution >= 0.6 is 23.4 Å². The lowest BCUT2D eigenvalue weighted by Crippen LogP contribution is -2.16. The number of alkyl halides is 3. The lowest BCUT2D eigenvalue weighted by Gasteiger charge is -2.20. The Morgan fingerprint density at radius 2 is 1.78 bits per heavy atom. The molecular weight excluding hydrogens is 392 g/mol. The third-order valence-electron chi connectivity index (χ3n) is 3.78.